The van der Waals surface area contributed by atoms with E-state index in [0.717, 1.165) is 46.0 Å². The first-order valence-electron chi connectivity index (χ1n) is 9.50. The SMILES string of the molecule is O=C(O)c1ccc(-n2cc(-c3cn(-c4ccc(C(=O)O)c(C(F)(F)F)c4)nn3)nn2)cc1C(F)(F)F. The molecular formula is C20H10F6N6O4. The van der Waals surface area contributed by atoms with Gasteiger partial charge in [0.2, 0.25) is 0 Å². The second kappa shape index (κ2) is 8.47. The number of hydrogen-bond donors (Lipinski definition) is 2. The van der Waals surface area contributed by atoms with Crippen LogP contribution in [0.3, 0.4) is 0 Å². The van der Waals surface area contributed by atoms with Crippen molar-refractivity contribution in [2.45, 2.75) is 12.4 Å². The van der Waals surface area contributed by atoms with Crippen molar-refractivity contribution in [3.8, 4) is 22.8 Å². The van der Waals surface area contributed by atoms with Gasteiger partial charge in [0.25, 0.3) is 0 Å². The van der Waals surface area contributed by atoms with Crippen LogP contribution in [0.15, 0.2) is 48.8 Å². The van der Waals surface area contributed by atoms with Gasteiger partial charge >= 0.3 is 24.3 Å². The molecule has 0 radical (unpaired) electrons. The molecule has 4 rings (SSSR count). The Morgan fingerprint density at radius 3 is 1.33 bits per heavy atom. The average Bonchev–Trinajstić information content (AvgIpc) is 3.47. The quantitative estimate of drug-likeness (QED) is 0.384. The smallest absolute Gasteiger partial charge is 0.417 e. The summed E-state index contributed by atoms with van der Waals surface area (Å²) >= 11 is 0. The van der Waals surface area contributed by atoms with Crippen LogP contribution in [-0.4, -0.2) is 52.1 Å². The predicted octanol–water partition coefficient (Wildman–Crippen LogP) is 3.95. The maximum Gasteiger partial charge on any atom is 0.417 e. The molecule has 36 heavy (non-hydrogen) atoms. The van der Waals surface area contributed by atoms with Crippen LogP contribution in [0.2, 0.25) is 0 Å². The second-order valence-corrected chi connectivity index (χ2v) is 7.16. The topological polar surface area (TPSA) is 136 Å². The molecule has 4 aromatic rings. The fourth-order valence-corrected chi connectivity index (χ4v) is 3.21. The van der Waals surface area contributed by atoms with Gasteiger partial charge in [-0.25, -0.2) is 19.0 Å². The number of halogens is 6. The van der Waals surface area contributed by atoms with Crippen LogP contribution >= 0.6 is 0 Å². The van der Waals surface area contributed by atoms with Crippen LogP contribution in [0.1, 0.15) is 31.8 Å². The van der Waals surface area contributed by atoms with E-state index in [0.29, 0.717) is 12.1 Å². The van der Waals surface area contributed by atoms with Crippen molar-refractivity contribution in [2.24, 2.45) is 0 Å². The van der Waals surface area contributed by atoms with Crippen molar-refractivity contribution in [3.05, 3.63) is 71.0 Å². The molecule has 186 valence electrons. The molecule has 0 fully saturated rings. The number of carboxylic acid groups (broad SMARTS) is 2. The summed E-state index contributed by atoms with van der Waals surface area (Å²) in [5.41, 5.74) is -5.09. The zero-order valence-electron chi connectivity index (χ0n) is 17.3. The van der Waals surface area contributed by atoms with E-state index in [4.69, 9.17) is 10.2 Å². The summed E-state index contributed by atoms with van der Waals surface area (Å²) in [4.78, 5) is 22.2. The third-order valence-electron chi connectivity index (χ3n) is 4.86. The summed E-state index contributed by atoms with van der Waals surface area (Å²) in [6.07, 6.45) is -7.61. The summed E-state index contributed by atoms with van der Waals surface area (Å²) in [5, 5.41) is 32.9. The van der Waals surface area contributed by atoms with Crippen LogP contribution in [0.5, 0.6) is 0 Å². The standard InChI is InChI=1S/C20H10F6N6O4/c21-19(22,23)13-5-9(1-3-11(13)17(33)34)31-7-15(27-29-31)16-8-32(30-28-16)10-2-4-12(18(35)36)14(6-10)20(24,25)26/h1-8H,(H,33,34)(H,35,36). The minimum atomic E-state index is -4.96. The third kappa shape index (κ3) is 4.59. The van der Waals surface area contributed by atoms with Gasteiger partial charge in [-0.15, -0.1) is 10.2 Å². The van der Waals surface area contributed by atoms with E-state index in [1.165, 1.54) is 0 Å². The minimum absolute atomic E-state index is 0.0182. The molecule has 0 saturated heterocycles. The molecule has 0 aliphatic heterocycles. The molecule has 0 saturated carbocycles. The van der Waals surface area contributed by atoms with Gasteiger partial charge in [0, 0.05) is 0 Å². The Morgan fingerprint density at radius 1 is 0.667 bits per heavy atom. The molecule has 2 aromatic heterocycles. The molecule has 0 bridgehead atoms. The Kier molecular flexibility index (Phi) is 5.74. The average molecular weight is 512 g/mol. The Hall–Kier alpha value is -4.76. The number of nitrogens with zero attached hydrogens (tertiary/aromatic N) is 6. The summed E-state index contributed by atoms with van der Waals surface area (Å²) in [6.45, 7) is 0. The van der Waals surface area contributed by atoms with Crippen molar-refractivity contribution in [1.29, 1.82) is 0 Å². The lowest BCUT2D eigenvalue weighted by atomic mass is 10.1. The van der Waals surface area contributed by atoms with Gasteiger partial charge in [0.1, 0.15) is 11.4 Å². The summed E-state index contributed by atoms with van der Waals surface area (Å²) in [6, 6.07) is 4.82. The van der Waals surface area contributed by atoms with Crippen LogP contribution < -0.4 is 0 Å². The highest BCUT2D eigenvalue weighted by atomic mass is 19.4. The van der Waals surface area contributed by atoms with Crippen molar-refractivity contribution < 1.29 is 46.1 Å². The Labute approximate surface area is 195 Å². The highest BCUT2D eigenvalue weighted by molar-refractivity contribution is 5.90. The fraction of sp³-hybridized carbons (Fsp3) is 0.100. The highest BCUT2D eigenvalue weighted by Crippen LogP contribution is 2.35. The molecule has 0 aliphatic carbocycles. The van der Waals surface area contributed by atoms with E-state index >= 15 is 0 Å². The maximum atomic E-state index is 13.3. The number of aromatic carboxylic acids is 2. The molecule has 2 aromatic carbocycles. The van der Waals surface area contributed by atoms with E-state index < -0.39 is 46.5 Å². The Morgan fingerprint density at radius 2 is 1.03 bits per heavy atom. The molecule has 0 aliphatic rings. The molecule has 0 amide bonds. The zero-order chi connectivity index (χ0) is 26.4. The summed E-state index contributed by atoms with van der Waals surface area (Å²) in [7, 11) is 0. The van der Waals surface area contributed by atoms with Gasteiger partial charge in [0.05, 0.1) is 46.0 Å². The van der Waals surface area contributed by atoms with Crippen LogP contribution in [0.25, 0.3) is 22.8 Å². The highest BCUT2D eigenvalue weighted by Gasteiger charge is 2.37. The summed E-state index contributed by atoms with van der Waals surface area (Å²) in [5.74, 6) is -3.54. The molecular weight excluding hydrogens is 502 g/mol. The van der Waals surface area contributed by atoms with E-state index in [-0.39, 0.29) is 22.8 Å². The van der Waals surface area contributed by atoms with Gasteiger partial charge in [-0.3, -0.25) is 0 Å². The monoisotopic (exact) mass is 512 g/mol. The van der Waals surface area contributed by atoms with Crippen LogP contribution in [0, 0.1) is 0 Å². The molecule has 16 heteroatoms. The van der Waals surface area contributed by atoms with Crippen LogP contribution in [0.4, 0.5) is 26.3 Å². The lowest BCUT2D eigenvalue weighted by Crippen LogP contribution is -2.14. The van der Waals surface area contributed by atoms with Gasteiger partial charge < -0.3 is 10.2 Å². The minimum Gasteiger partial charge on any atom is -0.478 e. The first-order valence-corrected chi connectivity index (χ1v) is 9.50. The number of alkyl halides is 6. The molecule has 2 heterocycles. The van der Waals surface area contributed by atoms with Crippen LogP contribution in [-0.2, 0) is 12.4 Å². The molecule has 2 N–H and O–H groups in total. The number of carboxylic acids is 2. The van der Waals surface area contributed by atoms with Crippen molar-refractivity contribution in [3.63, 3.8) is 0 Å². The largest absolute Gasteiger partial charge is 0.478 e. The van der Waals surface area contributed by atoms with Gasteiger partial charge in [-0.1, -0.05) is 10.4 Å². The fourth-order valence-electron chi connectivity index (χ4n) is 3.21. The predicted molar refractivity (Wildman–Crippen MR) is 106 cm³/mol. The van der Waals surface area contributed by atoms with Crippen molar-refractivity contribution in [1.82, 2.24) is 30.0 Å². The second-order valence-electron chi connectivity index (χ2n) is 7.16. The lowest BCUT2D eigenvalue weighted by Gasteiger charge is -2.11. The third-order valence-corrected chi connectivity index (χ3v) is 4.86. The van der Waals surface area contributed by atoms with E-state index in [2.05, 4.69) is 20.6 Å². The zero-order valence-corrected chi connectivity index (χ0v) is 17.3. The molecule has 0 unspecified atom stereocenters. The molecule has 0 spiro atoms. The van der Waals surface area contributed by atoms with Gasteiger partial charge in [0.15, 0.2) is 0 Å². The first-order chi connectivity index (χ1) is 16.8. The van der Waals surface area contributed by atoms with E-state index in [1.807, 2.05) is 0 Å². The number of carbonyl (C=O) groups is 2. The normalized spacial score (nSPS) is 12.1. The first kappa shape index (κ1) is 24.4. The van der Waals surface area contributed by atoms with Crippen molar-refractivity contribution >= 4 is 11.9 Å². The van der Waals surface area contributed by atoms with Gasteiger partial charge in [-0.05, 0) is 36.4 Å². The molecule has 10 nitrogen and oxygen atoms in total. The number of rotatable bonds is 5. The number of hydrogen-bond acceptors (Lipinski definition) is 6. The molecule has 0 atom stereocenters. The van der Waals surface area contributed by atoms with Gasteiger partial charge in [-0.2, -0.15) is 26.3 Å². The lowest BCUT2D eigenvalue weighted by molar-refractivity contribution is -0.138. The Balaban J connectivity index is 1.68. The number of benzene rings is 2. The van der Waals surface area contributed by atoms with E-state index in [1.54, 1.807) is 0 Å². The summed E-state index contributed by atoms with van der Waals surface area (Å²) < 4.78 is 81.5. The number of aromatic nitrogens is 6. The Bertz CT molecular complexity index is 1380. The van der Waals surface area contributed by atoms with Crippen molar-refractivity contribution in [2.75, 3.05) is 0 Å². The van der Waals surface area contributed by atoms with E-state index in [9.17, 15) is 35.9 Å². The maximum absolute atomic E-state index is 13.3.